The van der Waals surface area contributed by atoms with Crippen LogP contribution in [-0.4, -0.2) is 35.0 Å². The molecule has 0 saturated heterocycles. The first-order valence-electron chi connectivity index (χ1n) is 7.70. The summed E-state index contributed by atoms with van der Waals surface area (Å²) in [4.78, 5) is 26.5. The minimum Gasteiger partial charge on any atom is -0.443 e. The minimum atomic E-state index is -0.585. The summed E-state index contributed by atoms with van der Waals surface area (Å²) in [6.45, 7) is 10.1. The van der Waals surface area contributed by atoms with Crippen molar-refractivity contribution in [1.82, 2.24) is 4.90 Å². The molecule has 0 aromatic carbocycles. The average Bonchev–Trinajstić information content (AvgIpc) is 2.42. The standard InChI is InChI=1S/C17H26N2O3/c1-16(2,3)22-15(21)19-10-17(4,5)9-11(18)14-12(19)7-6-8-13(14)20/h6-7,11H,8-10,18H2,1-5H3. The molecular weight excluding hydrogens is 280 g/mol. The summed E-state index contributed by atoms with van der Waals surface area (Å²) in [5.74, 6) is -0.00346. The van der Waals surface area contributed by atoms with Gasteiger partial charge in [0.25, 0.3) is 0 Å². The number of carbonyl (C=O) groups excluding carboxylic acids is 2. The molecule has 1 aliphatic heterocycles. The molecular formula is C17H26N2O3. The van der Waals surface area contributed by atoms with Gasteiger partial charge in [-0.05, 0) is 38.7 Å². The molecule has 0 aromatic heterocycles. The van der Waals surface area contributed by atoms with Gasteiger partial charge >= 0.3 is 6.09 Å². The third kappa shape index (κ3) is 3.58. The topological polar surface area (TPSA) is 72.6 Å². The molecule has 1 aliphatic carbocycles. The quantitative estimate of drug-likeness (QED) is 0.747. The van der Waals surface area contributed by atoms with E-state index in [1.54, 1.807) is 11.0 Å². The summed E-state index contributed by atoms with van der Waals surface area (Å²) in [6.07, 6.45) is 4.17. The lowest BCUT2D eigenvalue weighted by molar-refractivity contribution is -0.115. The third-order valence-electron chi connectivity index (χ3n) is 3.79. The lowest BCUT2D eigenvalue weighted by Crippen LogP contribution is -2.40. The zero-order chi connectivity index (χ0) is 16.7. The Bertz CT molecular complexity index is 553. The smallest absolute Gasteiger partial charge is 0.414 e. The number of Topliss-reactive ketones (excluding diaryl/α,β-unsaturated/α-hetero) is 1. The Balaban J connectivity index is 2.45. The van der Waals surface area contributed by atoms with E-state index in [1.807, 2.05) is 26.8 Å². The number of carbonyl (C=O) groups is 2. The predicted molar refractivity (Wildman–Crippen MR) is 85.1 cm³/mol. The maximum atomic E-state index is 12.6. The molecule has 2 N–H and O–H groups in total. The number of ketones is 1. The second kappa shape index (κ2) is 5.54. The summed E-state index contributed by atoms with van der Waals surface area (Å²) in [6, 6.07) is -0.352. The van der Waals surface area contributed by atoms with Gasteiger partial charge in [0.15, 0.2) is 5.78 Å². The van der Waals surface area contributed by atoms with Crippen LogP contribution in [0.5, 0.6) is 0 Å². The summed E-state index contributed by atoms with van der Waals surface area (Å²) in [7, 11) is 0. The van der Waals surface area contributed by atoms with Gasteiger partial charge in [0, 0.05) is 24.6 Å². The van der Waals surface area contributed by atoms with E-state index in [2.05, 4.69) is 13.8 Å². The lowest BCUT2D eigenvalue weighted by atomic mass is 9.83. The van der Waals surface area contributed by atoms with Crippen LogP contribution < -0.4 is 5.73 Å². The van der Waals surface area contributed by atoms with Gasteiger partial charge < -0.3 is 10.5 Å². The highest BCUT2D eigenvalue weighted by Crippen LogP contribution is 2.36. The van der Waals surface area contributed by atoms with E-state index in [0.717, 1.165) is 0 Å². The molecule has 2 aliphatic rings. The van der Waals surface area contributed by atoms with Crippen molar-refractivity contribution in [3.63, 3.8) is 0 Å². The van der Waals surface area contributed by atoms with Crippen LogP contribution >= 0.6 is 0 Å². The maximum Gasteiger partial charge on any atom is 0.414 e. The van der Waals surface area contributed by atoms with Crippen molar-refractivity contribution in [2.45, 2.75) is 59.1 Å². The van der Waals surface area contributed by atoms with E-state index in [-0.39, 0.29) is 17.2 Å². The molecule has 0 radical (unpaired) electrons. The van der Waals surface area contributed by atoms with Crippen molar-refractivity contribution in [1.29, 1.82) is 0 Å². The largest absolute Gasteiger partial charge is 0.443 e. The molecule has 1 atom stereocenters. The molecule has 0 saturated carbocycles. The number of nitrogens with two attached hydrogens (primary N) is 1. The molecule has 0 fully saturated rings. The van der Waals surface area contributed by atoms with Crippen molar-refractivity contribution < 1.29 is 14.3 Å². The molecule has 0 spiro atoms. The van der Waals surface area contributed by atoms with E-state index >= 15 is 0 Å². The molecule has 0 bridgehead atoms. The summed E-state index contributed by atoms with van der Waals surface area (Å²) >= 11 is 0. The molecule has 122 valence electrons. The van der Waals surface area contributed by atoms with Gasteiger partial charge in [0.1, 0.15) is 5.60 Å². The number of ether oxygens (including phenoxy) is 1. The summed E-state index contributed by atoms with van der Waals surface area (Å²) < 4.78 is 5.51. The first-order chi connectivity index (χ1) is 10.0. The van der Waals surface area contributed by atoms with Gasteiger partial charge in [0.05, 0.1) is 5.70 Å². The van der Waals surface area contributed by atoms with Gasteiger partial charge in [-0.1, -0.05) is 19.9 Å². The van der Waals surface area contributed by atoms with E-state index in [9.17, 15) is 9.59 Å². The highest BCUT2D eigenvalue weighted by molar-refractivity contribution is 6.00. The van der Waals surface area contributed by atoms with Crippen molar-refractivity contribution in [3.05, 3.63) is 23.4 Å². The highest BCUT2D eigenvalue weighted by atomic mass is 16.6. The van der Waals surface area contributed by atoms with Crippen molar-refractivity contribution in [3.8, 4) is 0 Å². The fourth-order valence-corrected chi connectivity index (χ4v) is 3.01. The second-order valence-electron chi connectivity index (χ2n) is 7.87. The first kappa shape index (κ1) is 16.7. The molecule has 5 heteroatoms. The van der Waals surface area contributed by atoms with Crippen LogP contribution in [0.2, 0.25) is 0 Å². The van der Waals surface area contributed by atoms with E-state index in [4.69, 9.17) is 10.5 Å². The molecule has 0 aromatic rings. The predicted octanol–water partition coefficient (Wildman–Crippen LogP) is 2.76. The fraction of sp³-hybridized carbons (Fsp3) is 0.647. The lowest BCUT2D eigenvalue weighted by Gasteiger charge is -2.33. The summed E-state index contributed by atoms with van der Waals surface area (Å²) in [5.41, 5.74) is 6.63. The van der Waals surface area contributed by atoms with Crippen molar-refractivity contribution in [2.75, 3.05) is 6.54 Å². The van der Waals surface area contributed by atoms with E-state index < -0.39 is 11.7 Å². The third-order valence-corrected chi connectivity index (χ3v) is 3.79. The number of rotatable bonds is 0. The number of hydrogen-bond donors (Lipinski definition) is 1. The van der Waals surface area contributed by atoms with E-state index in [0.29, 0.717) is 30.7 Å². The SMILES string of the molecule is CC1(C)CC(N)C2=C(C=CCC2=O)N(C(=O)OC(C)(C)C)C1. The zero-order valence-corrected chi connectivity index (χ0v) is 14.1. The Morgan fingerprint density at radius 3 is 2.64 bits per heavy atom. The molecule has 2 rings (SSSR count). The van der Waals surface area contributed by atoms with E-state index in [1.165, 1.54) is 0 Å². The van der Waals surface area contributed by atoms with Gasteiger partial charge in [-0.2, -0.15) is 0 Å². The highest BCUT2D eigenvalue weighted by Gasteiger charge is 2.39. The van der Waals surface area contributed by atoms with Crippen LogP contribution in [0.1, 0.15) is 47.5 Å². The molecule has 22 heavy (non-hydrogen) atoms. The van der Waals surface area contributed by atoms with Gasteiger partial charge in [0.2, 0.25) is 0 Å². The van der Waals surface area contributed by atoms with Crippen molar-refractivity contribution in [2.24, 2.45) is 11.1 Å². The van der Waals surface area contributed by atoms with Crippen LogP contribution in [0, 0.1) is 5.41 Å². The molecule has 1 heterocycles. The van der Waals surface area contributed by atoms with Gasteiger partial charge in [-0.3, -0.25) is 9.69 Å². The maximum absolute atomic E-state index is 12.6. The second-order valence-corrected chi connectivity index (χ2v) is 7.87. The molecule has 1 unspecified atom stereocenters. The Hall–Kier alpha value is -1.62. The fourth-order valence-electron chi connectivity index (χ4n) is 3.01. The van der Waals surface area contributed by atoms with Crippen LogP contribution in [0.3, 0.4) is 0 Å². The first-order valence-corrected chi connectivity index (χ1v) is 7.70. The Labute approximate surface area is 132 Å². The molecule has 1 amide bonds. The number of nitrogens with zero attached hydrogens (tertiary/aromatic N) is 1. The Morgan fingerprint density at radius 1 is 1.41 bits per heavy atom. The number of amides is 1. The monoisotopic (exact) mass is 306 g/mol. The van der Waals surface area contributed by atoms with Gasteiger partial charge in [-0.15, -0.1) is 0 Å². The number of allylic oxidation sites excluding steroid dienone is 2. The Kier molecular flexibility index (Phi) is 4.22. The number of hydrogen-bond acceptors (Lipinski definition) is 4. The average molecular weight is 306 g/mol. The van der Waals surface area contributed by atoms with Crippen LogP contribution in [0.15, 0.2) is 23.4 Å². The minimum absolute atomic E-state index is 0.00346. The van der Waals surface area contributed by atoms with Crippen molar-refractivity contribution >= 4 is 11.9 Å². The van der Waals surface area contributed by atoms with Crippen LogP contribution in [0.25, 0.3) is 0 Å². The molecule has 5 nitrogen and oxygen atoms in total. The van der Waals surface area contributed by atoms with Crippen LogP contribution in [0.4, 0.5) is 4.79 Å². The zero-order valence-electron chi connectivity index (χ0n) is 14.1. The normalized spacial score (nSPS) is 24.9. The Morgan fingerprint density at radius 2 is 2.05 bits per heavy atom. The summed E-state index contributed by atoms with van der Waals surface area (Å²) in [5, 5.41) is 0. The van der Waals surface area contributed by atoms with Crippen LogP contribution in [-0.2, 0) is 9.53 Å². The van der Waals surface area contributed by atoms with Gasteiger partial charge in [-0.25, -0.2) is 4.79 Å².